The molecule has 1 saturated heterocycles. The number of piperidine rings is 1. The second-order valence-corrected chi connectivity index (χ2v) is 6.34. The first-order valence-corrected chi connectivity index (χ1v) is 7.96. The highest BCUT2D eigenvalue weighted by molar-refractivity contribution is 5.25. The minimum atomic E-state index is 0.676. The molecular weight excluding hydrogens is 276 g/mol. The van der Waals surface area contributed by atoms with Gasteiger partial charge in [-0.25, -0.2) is 0 Å². The lowest BCUT2D eigenvalue weighted by Crippen LogP contribution is -2.34. The fraction of sp³-hybridized carbons (Fsp3) is 0.529. The number of anilines is 1. The second kappa shape index (κ2) is 6.92. The van der Waals surface area contributed by atoms with Gasteiger partial charge in [0.25, 0.3) is 0 Å². The lowest BCUT2D eigenvalue weighted by Gasteiger charge is -2.30. The molecule has 0 aliphatic carbocycles. The summed E-state index contributed by atoms with van der Waals surface area (Å²) in [6, 6.07) is 11.4. The summed E-state index contributed by atoms with van der Waals surface area (Å²) >= 11 is 0. The molecule has 0 amide bonds. The van der Waals surface area contributed by atoms with Crippen LogP contribution in [0.3, 0.4) is 0 Å². The maximum absolute atomic E-state index is 5.75. The molecule has 0 saturated carbocycles. The van der Waals surface area contributed by atoms with Gasteiger partial charge in [0.2, 0.25) is 5.89 Å². The molecule has 0 spiro atoms. The number of hydrogen-bond acceptors (Lipinski definition) is 5. The topological polar surface area (TPSA) is 45.4 Å². The molecule has 0 atom stereocenters. The number of rotatable bonds is 5. The molecule has 0 unspecified atom stereocenters. The molecule has 118 valence electrons. The Hall–Kier alpha value is -1.88. The Labute approximate surface area is 131 Å². The van der Waals surface area contributed by atoms with E-state index in [-0.39, 0.29) is 0 Å². The van der Waals surface area contributed by atoms with Crippen LogP contribution in [0.4, 0.5) is 6.01 Å². The summed E-state index contributed by atoms with van der Waals surface area (Å²) in [5.74, 6) is 1.44. The molecule has 1 aliphatic heterocycles. The van der Waals surface area contributed by atoms with Crippen LogP contribution < -0.4 is 4.90 Å². The molecule has 5 heteroatoms. The number of hydrogen-bond donors (Lipinski definition) is 0. The fourth-order valence-electron chi connectivity index (χ4n) is 2.98. The lowest BCUT2D eigenvalue weighted by atomic mass is 9.90. The first-order valence-electron chi connectivity index (χ1n) is 7.96. The second-order valence-electron chi connectivity index (χ2n) is 6.34. The van der Waals surface area contributed by atoms with Gasteiger partial charge in [0.15, 0.2) is 0 Å². The van der Waals surface area contributed by atoms with E-state index < -0.39 is 0 Å². The van der Waals surface area contributed by atoms with Gasteiger partial charge < -0.3 is 14.2 Å². The highest BCUT2D eigenvalue weighted by atomic mass is 16.4. The van der Waals surface area contributed by atoms with E-state index in [1.54, 1.807) is 0 Å². The molecule has 2 heterocycles. The van der Waals surface area contributed by atoms with E-state index in [0.717, 1.165) is 19.0 Å². The van der Waals surface area contributed by atoms with Crippen LogP contribution in [-0.2, 0) is 13.0 Å². The van der Waals surface area contributed by atoms with Gasteiger partial charge in [0, 0.05) is 13.1 Å². The summed E-state index contributed by atoms with van der Waals surface area (Å²) in [6.45, 7) is 2.69. The van der Waals surface area contributed by atoms with Crippen LogP contribution in [0.25, 0.3) is 0 Å². The normalized spacial score (nSPS) is 16.4. The van der Waals surface area contributed by atoms with Gasteiger partial charge in [-0.1, -0.05) is 35.4 Å². The van der Waals surface area contributed by atoms with E-state index in [2.05, 4.69) is 45.4 Å². The van der Waals surface area contributed by atoms with Gasteiger partial charge in [-0.3, -0.25) is 0 Å². The number of aromatic nitrogens is 2. The zero-order valence-electron chi connectivity index (χ0n) is 13.4. The zero-order valence-corrected chi connectivity index (χ0v) is 13.4. The van der Waals surface area contributed by atoms with Crippen LogP contribution in [0.1, 0.15) is 24.3 Å². The Kier molecular flexibility index (Phi) is 4.73. The van der Waals surface area contributed by atoms with Crippen molar-refractivity contribution in [2.24, 2.45) is 5.92 Å². The van der Waals surface area contributed by atoms with Crippen LogP contribution in [0.15, 0.2) is 34.7 Å². The SMILES string of the molecule is CN(C)Cc1nnc(N2CCC(Cc3ccccc3)CC2)o1. The van der Waals surface area contributed by atoms with Gasteiger partial charge in [-0.2, -0.15) is 0 Å². The molecular formula is C17H24N4O. The molecule has 1 fully saturated rings. The smallest absolute Gasteiger partial charge is 0.318 e. The van der Waals surface area contributed by atoms with E-state index in [1.807, 2.05) is 19.0 Å². The molecule has 0 radical (unpaired) electrons. The molecule has 2 aromatic rings. The molecule has 1 aliphatic rings. The number of nitrogens with zero attached hydrogens (tertiary/aromatic N) is 4. The molecule has 0 N–H and O–H groups in total. The van der Waals surface area contributed by atoms with Crippen LogP contribution in [0, 0.1) is 5.92 Å². The van der Waals surface area contributed by atoms with Crippen LogP contribution in [0.2, 0.25) is 0 Å². The summed E-state index contributed by atoms with van der Waals surface area (Å²) in [7, 11) is 4.00. The summed E-state index contributed by atoms with van der Waals surface area (Å²) in [5.41, 5.74) is 1.44. The Bertz CT molecular complexity index is 573. The molecule has 1 aromatic carbocycles. The third kappa shape index (κ3) is 3.85. The van der Waals surface area contributed by atoms with Gasteiger partial charge >= 0.3 is 6.01 Å². The highest BCUT2D eigenvalue weighted by Gasteiger charge is 2.23. The van der Waals surface area contributed by atoms with Gasteiger partial charge in [-0.05, 0) is 44.8 Å². The van der Waals surface area contributed by atoms with E-state index >= 15 is 0 Å². The molecule has 1 aromatic heterocycles. The van der Waals surface area contributed by atoms with Crippen molar-refractivity contribution in [3.05, 3.63) is 41.8 Å². The quantitative estimate of drug-likeness (QED) is 0.849. The van der Waals surface area contributed by atoms with Crippen molar-refractivity contribution in [2.75, 3.05) is 32.1 Å². The third-order valence-electron chi connectivity index (χ3n) is 4.16. The molecule has 5 nitrogen and oxygen atoms in total. The van der Waals surface area contributed by atoms with Gasteiger partial charge in [0.1, 0.15) is 0 Å². The average molecular weight is 300 g/mol. The van der Waals surface area contributed by atoms with Crippen molar-refractivity contribution in [2.45, 2.75) is 25.8 Å². The van der Waals surface area contributed by atoms with E-state index in [0.29, 0.717) is 18.5 Å². The minimum Gasteiger partial charge on any atom is -0.407 e. The van der Waals surface area contributed by atoms with Crippen LogP contribution >= 0.6 is 0 Å². The van der Waals surface area contributed by atoms with E-state index in [1.165, 1.54) is 24.8 Å². The predicted octanol–water partition coefficient (Wildman–Crippen LogP) is 2.59. The molecule has 22 heavy (non-hydrogen) atoms. The van der Waals surface area contributed by atoms with E-state index in [9.17, 15) is 0 Å². The van der Waals surface area contributed by atoms with Gasteiger partial charge in [-0.15, -0.1) is 5.10 Å². The van der Waals surface area contributed by atoms with Crippen molar-refractivity contribution in [3.63, 3.8) is 0 Å². The minimum absolute atomic E-state index is 0.676. The largest absolute Gasteiger partial charge is 0.407 e. The Balaban J connectivity index is 1.52. The maximum Gasteiger partial charge on any atom is 0.318 e. The predicted molar refractivity (Wildman–Crippen MR) is 86.8 cm³/mol. The van der Waals surface area contributed by atoms with Crippen LogP contribution in [-0.4, -0.2) is 42.3 Å². The Morgan fingerprint density at radius 3 is 2.55 bits per heavy atom. The summed E-state index contributed by atoms with van der Waals surface area (Å²) in [6.07, 6.45) is 3.53. The lowest BCUT2D eigenvalue weighted by molar-refractivity contribution is 0.334. The average Bonchev–Trinajstić information content (AvgIpc) is 2.97. The highest BCUT2D eigenvalue weighted by Crippen LogP contribution is 2.25. The van der Waals surface area contributed by atoms with Crippen LogP contribution in [0.5, 0.6) is 0 Å². The monoisotopic (exact) mass is 300 g/mol. The summed E-state index contributed by atoms with van der Waals surface area (Å²) < 4.78 is 5.75. The van der Waals surface area contributed by atoms with Crippen molar-refractivity contribution < 1.29 is 4.42 Å². The van der Waals surface area contributed by atoms with Crippen molar-refractivity contribution in [1.82, 2.24) is 15.1 Å². The third-order valence-corrected chi connectivity index (χ3v) is 4.16. The zero-order chi connectivity index (χ0) is 15.4. The summed E-state index contributed by atoms with van der Waals surface area (Å²) in [4.78, 5) is 4.25. The van der Waals surface area contributed by atoms with Crippen molar-refractivity contribution in [1.29, 1.82) is 0 Å². The first kappa shape index (κ1) is 15.0. The van der Waals surface area contributed by atoms with E-state index in [4.69, 9.17) is 4.42 Å². The Morgan fingerprint density at radius 2 is 1.86 bits per heavy atom. The molecule has 3 rings (SSSR count). The maximum atomic E-state index is 5.75. The Morgan fingerprint density at radius 1 is 1.14 bits per heavy atom. The summed E-state index contributed by atoms with van der Waals surface area (Å²) in [5, 5.41) is 8.30. The van der Waals surface area contributed by atoms with Crippen molar-refractivity contribution >= 4 is 6.01 Å². The first-order chi connectivity index (χ1) is 10.7. The van der Waals surface area contributed by atoms with Gasteiger partial charge in [0.05, 0.1) is 6.54 Å². The standard InChI is InChI=1S/C17H24N4O/c1-20(2)13-16-18-19-17(22-16)21-10-8-15(9-11-21)12-14-6-4-3-5-7-14/h3-7,15H,8-13H2,1-2H3. The van der Waals surface area contributed by atoms with Crippen molar-refractivity contribution in [3.8, 4) is 0 Å². The molecule has 0 bridgehead atoms. The fourth-order valence-corrected chi connectivity index (χ4v) is 2.98. The number of benzene rings is 1.